The first kappa shape index (κ1) is 21.2. The number of rotatable bonds is 5. The second-order valence-electron chi connectivity index (χ2n) is 6.69. The molecular formula is C19H26Cl2N2O3. The van der Waals surface area contributed by atoms with Gasteiger partial charge in [0.1, 0.15) is 0 Å². The first-order valence-electron chi connectivity index (χ1n) is 9.02. The first-order valence-corrected chi connectivity index (χ1v) is 9.39. The number of piperazine rings is 1. The summed E-state index contributed by atoms with van der Waals surface area (Å²) in [7, 11) is 0. The number of nitrogens with zero attached hydrogens (tertiary/aromatic N) is 2. The monoisotopic (exact) mass is 400 g/mol. The van der Waals surface area contributed by atoms with E-state index in [1.165, 1.54) is 0 Å². The molecule has 0 spiro atoms. The number of hydrogen-bond donors (Lipinski definition) is 0. The molecule has 2 saturated heterocycles. The largest absolute Gasteiger partial charge is 0.381 e. The zero-order chi connectivity index (χ0) is 17.6. The third kappa shape index (κ3) is 5.68. The minimum Gasteiger partial charge on any atom is -0.381 e. The number of ether oxygens (including phenoxy) is 1. The standard InChI is InChI=1S/C19H25ClN2O3.ClH/c20-16-3-1-15(2-4-16)18(23)5-6-19(24)22-11-9-21(10-12-22)17-7-13-25-14-8-17;/h1-4,17H,5-14H2;1H. The van der Waals surface area contributed by atoms with Crippen LogP contribution in [0, 0.1) is 0 Å². The van der Waals surface area contributed by atoms with Crippen LogP contribution in [0.5, 0.6) is 0 Å². The summed E-state index contributed by atoms with van der Waals surface area (Å²) >= 11 is 5.83. The Hall–Kier alpha value is -1.14. The molecule has 0 unspecified atom stereocenters. The van der Waals surface area contributed by atoms with Crippen molar-refractivity contribution in [2.24, 2.45) is 0 Å². The van der Waals surface area contributed by atoms with Crippen LogP contribution in [0.3, 0.4) is 0 Å². The summed E-state index contributed by atoms with van der Waals surface area (Å²) in [5.41, 5.74) is 0.613. The van der Waals surface area contributed by atoms with Gasteiger partial charge in [-0.3, -0.25) is 14.5 Å². The van der Waals surface area contributed by atoms with Gasteiger partial charge in [0.25, 0.3) is 0 Å². The Kier molecular flexibility index (Phi) is 8.35. The van der Waals surface area contributed by atoms with Gasteiger partial charge in [-0.2, -0.15) is 0 Å². The smallest absolute Gasteiger partial charge is 0.223 e. The highest BCUT2D eigenvalue weighted by molar-refractivity contribution is 6.30. The molecule has 5 nitrogen and oxygen atoms in total. The van der Waals surface area contributed by atoms with E-state index in [0.29, 0.717) is 16.6 Å². The summed E-state index contributed by atoms with van der Waals surface area (Å²) in [5.74, 6) is 0.0693. The lowest BCUT2D eigenvalue weighted by Crippen LogP contribution is -2.53. The quantitative estimate of drug-likeness (QED) is 0.712. The lowest BCUT2D eigenvalue weighted by Gasteiger charge is -2.40. The van der Waals surface area contributed by atoms with E-state index < -0.39 is 0 Å². The van der Waals surface area contributed by atoms with Crippen molar-refractivity contribution in [1.82, 2.24) is 9.80 Å². The summed E-state index contributed by atoms with van der Waals surface area (Å²) in [4.78, 5) is 28.9. The van der Waals surface area contributed by atoms with E-state index in [1.807, 2.05) is 4.90 Å². The van der Waals surface area contributed by atoms with Crippen LogP contribution in [-0.4, -0.2) is 66.9 Å². The predicted molar refractivity (Wildman–Crippen MR) is 104 cm³/mol. The van der Waals surface area contributed by atoms with Gasteiger partial charge in [-0.05, 0) is 37.1 Å². The fourth-order valence-electron chi connectivity index (χ4n) is 3.55. The molecule has 0 aromatic heterocycles. The van der Waals surface area contributed by atoms with Gasteiger partial charge in [0.2, 0.25) is 5.91 Å². The van der Waals surface area contributed by atoms with Gasteiger partial charge in [0.15, 0.2) is 5.78 Å². The Balaban J connectivity index is 0.00000243. The van der Waals surface area contributed by atoms with Gasteiger partial charge in [-0.15, -0.1) is 12.4 Å². The van der Waals surface area contributed by atoms with Crippen LogP contribution in [-0.2, 0) is 9.53 Å². The van der Waals surface area contributed by atoms with Crippen molar-refractivity contribution in [3.8, 4) is 0 Å². The normalized spacial score (nSPS) is 19.0. The van der Waals surface area contributed by atoms with E-state index in [0.717, 1.165) is 52.2 Å². The van der Waals surface area contributed by atoms with Gasteiger partial charge >= 0.3 is 0 Å². The third-order valence-electron chi connectivity index (χ3n) is 5.11. The van der Waals surface area contributed by atoms with Gasteiger partial charge in [0.05, 0.1) is 0 Å². The second kappa shape index (κ2) is 10.3. The van der Waals surface area contributed by atoms with Crippen LogP contribution >= 0.6 is 24.0 Å². The van der Waals surface area contributed by atoms with E-state index in [4.69, 9.17) is 16.3 Å². The van der Waals surface area contributed by atoms with Crippen molar-refractivity contribution >= 4 is 35.7 Å². The summed E-state index contributed by atoms with van der Waals surface area (Å²) in [6, 6.07) is 7.42. The average Bonchev–Trinajstić information content (AvgIpc) is 2.67. The van der Waals surface area contributed by atoms with Gasteiger partial charge in [-0.1, -0.05) is 11.6 Å². The second-order valence-corrected chi connectivity index (χ2v) is 7.13. The van der Waals surface area contributed by atoms with Crippen molar-refractivity contribution in [3.63, 3.8) is 0 Å². The molecule has 1 amide bonds. The topological polar surface area (TPSA) is 49.9 Å². The highest BCUT2D eigenvalue weighted by Crippen LogP contribution is 2.17. The number of amides is 1. The van der Waals surface area contributed by atoms with E-state index in [2.05, 4.69) is 4.90 Å². The van der Waals surface area contributed by atoms with Crippen molar-refractivity contribution in [2.45, 2.75) is 31.7 Å². The molecule has 2 heterocycles. The molecule has 0 saturated carbocycles. The highest BCUT2D eigenvalue weighted by atomic mass is 35.5. The Bertz CT molecular complexity index is 595. The molecule has 7 heteroatoms. The number of carbonyl (C=O) groups excluding carboxylic acids is 2. The van der Waals surface area contributed by atoms with E-state index in [9.17, 15) is 9.59 Å². The first-order chi connectivity index (χ1) is 12.1. The maximum atomic E-state index is 12.4. The van der Waals surface area contributed by atoms with E-state index >= 15 is 0 Å². The average molecular weight is 401 g/mol. The Morgan fingerprint density at radius 3 is 2.23 bits per heavy atom. The fourth-order valence-corrected chi connectivity index (χ4v) is 3.67. The minimum atomic E-state index is -0.00846. The maximum Gasteiger partial charge on any atom is 0.223 e. The molecule has 26 heavy (non-hydrogen) atoms. The molecule has 2 fully saturated rings. The molecule has 0 aliphatic carbocycles. The van der Waals surface area contributed by atoms with Crippen molar-refractivity contribution < 1.29 is 14.3 Å². The number of hydrogen-bond acceptors (Lipinski definition) is 4. The summed E-state index contributed by atoms with van der Waals surface area (Å²) in [6.07, 6.45) is 2.70. The molecule has 3 rings (SSSR count). The highest BCUT2D eigenvalue weighted by Gasteiger charge is 2.27. The number of Topliss-reactive ketones (excluding diaryl/α,β-unsaturated/α-hetero) is 1. The number of carbonyl (C=O) groups is 2. The number of halogens is 2. The minimum absolute atomic E-state index is 0. The SMILES string of the molecule is Cl.O=C(CCC(=O)N1CCN(C2CCOCC2)CC1)c1ccc(Cl)cc1. The molecular weight excluding hydrogens is 375 g/mol. The van der Waals surface area contributed by atoms with Gasteiger partial charge < -0.3 is 9.64 Å². The predicted octanol–water partition coefficient (Wildman–Crippen LogP) is 3.05. The van der Waals surface area contributed by atoms with Crippen LogP contribution in [0.1, 0.15) is 36.0 Å². The Labute approximate surface area is 166 Å². The Morgan fingerprint density at radius 2 is 1.62 bits per heavy atom. The van der Waals surface area contributed by atoms with Crippen molar-refractivity contribution in [2.75, 3.05) is 39.4 Å². The lowest BCUT2D eigenvalue weighted by molar-refractivity contribution is -0.133. The number of ketones is 1. The van der Waals surface area contributed by atoms with Crippen LogP contribution in [0.15, 0.2) is 24.3 Å². The molecule has 0 atom stereocenters. The zero-order valence-corrected chi connectivity index (χ0v) is 16.4. The zero-order valence-electron chi connectivity index (χ0n) is 14.9. The molecule has 0 radical (unpaired) electrons. The fraction of sp³-hybridized carbons (Fsp3) is 0.579. The third-order valence-corrected chi connectivity index (χ3v) is 5.36. The molecule has 2 aliphatic heterocycles. The van der Waals surface area contributed by atoms with Crippen LogP contribution < -0.4 is 0 Å². The Morgan fingerprint density at radius 1 is 1.00 bits per heavy atom. The van der Waals surface area contributed by atoms with E-state index in [1.54, 1.807) is 24.3 Å². The van der Waals surface area contributed by atoms with Crippen LogP contribution in [0.2, 0.25) is 5.02 Å². The molecule has 1 aromatic rings. The summed E-state index contributed by atoms with van der Waals surface area (Å²) < 4.78 is 5.42. The van der Waals surface area contributed by atoms with Crippen molar-refractivity contribution in [1.29, 1.82) is 0 Å². The van der Waals surface area contributed by atoms with Crippen LogP contribution in [0.25, 0.3) is 0 Å². The molecule has 0 N–H and O–H groups in total. The molecule has 144 valence electrons. The number of benzene rings is 1. The van der Waals surface area contributed by atoms with Gasteiger partial charge in [-0.25, -0.2) is 0 Å². The lowest BCUT2D eigenvalue weighted by atomic mass is 10.0. The molecule has 0 bridgehead atoms. The summed E-state index contributed by atoms with van der Waals surface area (Å²) in [6.45, 7) is 5.03. The molecule has 2 aliphatic rings. The summed E-state index contributed by atoms with van der Waals surface area (Å²) in [5, 5.41) is 0.607. The van der Waals surface area contributed by atoms with Gasteiger partial charge in [0, 0.05) is 68.9 Å². The molecule has 1 aromatic carbocycles. The maximum absolute atomic E-state index is 12.4. The van der Waals surface area contributed by atoms with Crippen molar-refractivity contribution in [3.05, 3.63) is 34.9 Å². The van der Waals surface area contributed by atoms with E-state index in [-0.39, 0.29) is 36.9 Å². The van der Waals surface area contributed by atoms with Crippen LogP contribution in [0.4, 0.5) is 0 Å².